The second-order valence-corrected chi connectivity index (χ2v) is 6.49. The summed E-state index contributed by atoms with van der Waals surface area (Å²) in [6.07, 6.45) is 0. The Kier molecular flexibility index (Phi) is 5.46. The van der Waals surface area contributed by atoms with Crippen LogP contribution >= 0.6 is 0 Å². The number of guanidine groups is 1. The van der Waals surface area contributed by atoms with Crippen LogP contribution in [-0.4, -0.2) is 27.1 Å². The van der Waals surface area contributed by atoms with Gasteiger partial charge in [0.1, 0.15) is 11.3 Å². The topological polar surface area (TPSA) is 52.8 Å². The van der Waals surface area contributed by atoms with Gasteiger partial charge in [-0.25, -0.2) is 0 Å². The molecular weight excluding hydrogens is 324 g/mol. The zero-order valence-corrected chi connectivity index (χ0v) is 15.8. The van der Waals surface area contributed by atoms with Crippen LogP contribution in [-0.2, 0) is 13.1 Å². The minimum Gasteiger partial charge on any atom is -0.459 e. The molecule has 2 N–H and O–H groups in total. The molecule has 0 aliphatic rings. The summed E-state index contributed by atoms with van der Waals surface area (Å²) >= 11 is 0. The number of furan rings is 1. The van der Waals surface area contributed by atoms with Crippen molar-refractivity contribution in [2.24, 2.45) is 4.99 Å². The van der Waals surface area contributed by atoms with E-state index in [1.54, 1.807) is 7.05 Å². The molecule has 0 amide bonds. The van der Waals surface area contributed by atoms with Gasteiger partial charge in [0, 0.05) is 44.3 Å². The molecule has 0 spiro atoms. The number of anilines is 1. The number of hydrogen-bond donors (Lipinski definition) is 2. The molecule has 3 aromatic rings. The maximum Gasteiger partial charge on any atom is 0.191 e. The molecule has 0 unspecified atom stereocenters. The van der Waals surface area contributed by atoms with E-state index in [9.17, 15) is 0 Å². The number of hydrogen-bond acceptors (Lipinski definition) is 3. The highest BCUT2D eigenvalue weighted by atomic mass is 16.3. The Bertz CT molecular complexity index is 894. The lowest BCUT2D eigenvalue weighted by atomic mass is 10.1. The Morgan fingerprint density at radius 1 is 1.00 bits per heavy atom. The van der Waals surface area contributed by atoms with Crippen molar-refractivity contribution in [3.63, 3.8) is 0 Å². The van der Waals surface area contributed by atoms with E-state index in [1.165, 1.54) is 16.8 Å². The van der Waals surface area contributed by atoms with Crippen LogP contribution in [0, 0.1) is 6.92 Å². The van der Waals surface area contributed by atoms with Gasteiger partial charge in [0.2, 0.25) is 0 Å². The summed E-state index contributed by atoms with van der Waals surface area (Å²) in [5.41, 5.74) is 4.49. The van der Waals surface area contributed by atoms with Gasteiger partial charge in [0.15, 0.2) is 5.96 Å². The summed E-state index contributed by atoms with van der Waals surface area (Å²) in [7, 11) is 5.86. The van der Waals surface area contributed by atoms with Crippen LogP contribution in [0.15, 0.2) is 57.9 Å². The lowest BCUT2D eigenvalue weighted by Crippen LogP contribution is -2.36. The van der Waals surface area contributed by atoms with E-state index < -0.39 is 0 Å². The van der Waals surface area contributed by atoms with Crippen molar-refractivity contribution in [2.45, 2.75) is 20.0 Å². The average Bonchev–Trinajstić information content (AvgIpc) is 2.98. The van der Waals surface area contributed by atoms with Gasteiger partial charge < -0.3 is 20.0 Å². The SMILES string of the molecule is CN=C(NCc1ccc(N(C)C)cc1)NCc1oc2ccccc2c1C. The zero-order chi connectivity index (χ0) is 18.5. The Labute approximate surface area is 154 Å². The number of fused-ring (bicyclic) bond motifs is 1. The summed E-state index contributed by atoms with van der Waals surface area (Å²) in [5.74, 6) is 1.69. The molecule has 3 rings (SSSR count). The van der Waals surface area contributed by atoms with Crippen LogP contribution in [0.3, 0.4) is 0 Å². The number of aliphatic imine (C=N–C) groups is 1. The van der Waals surface area contributed by atoms with E-state index in [0.717, 1.165) is 22.7 Å². The van der Waals surface area contributed by atoms with Crippen molar-refractivity contribution in [3.8, 4) is 0 Å². The minimum atomic E-state index is 0.597. The minimum absolute atomic E-state index is 0.597. The molecule has 0 aliphatic heterocycles. The van der Waals surface area contributed by atoms with Gasteiger partial charge in [-0.05, 0) is 30.7 Å². The van der Waals surface area contributed by atoms with Crippen molar-refractivity contribution in [2.75, 3.05) is 26.0 Å². The maximum atomic E-state index is 5.94. The monoisotopic (exact) mass is 350 g/mol. The molecular formula is C21H26N4O. The Morgan fingerprint density at radius 3 is 2.35 bits per heavy atom. The molecule has 2 aromatic carbocycles. The lowest BCUT2D eigenvalue weighted by Gasteiger charge is -2.14. The Morgan fingerprint density at radius 2 is 1.69 bits per heavy atom. The maximum absolute atomic E-state index is 5.94. The number of rotatable bonds is 5. The van der Waals surface area contributed by atoms with Crippen molar-refractivity contribution in [3.05, 3.63) is 65.4 Å². The predicted octanol–water partition coefficient (Wildman–Crippen LogP) is 3.67. The second-order valence-electron chi connectivity index (χ2n) is 6.49. The van der Waals surface area contributed by atoms with E-state index >= 15 is 0 Å². The highest BCUT2D eigenvalue weighted by Crippen LogP contribution is 2.24. The molecule has 26 heavy (non-hydrogen) atoms. The van der Waals surface area contributed by atoms with E-state index in [0.29, 0.717) is 13.1 Å². The summed E-state index contributed by atoms with van der Waals surface area (Å²) in [4.78, 5) is 6.38. The van der Waals surface area contributed by atoms with Gasteiger partial charge in [-0.2, -0.15) is 0 Å². The molecule has 1 heterocycles. The van der Waals surface area contributed by atoms with Gasteiger partial charge >= 0.3 is 0 Å². The molecule has 0 fully saturated rings. The molecule has 0 radical (unpaired) electrons. The number of para-hydroxylation sites is 1. The van der Waals surface area contributed by atoms with Gasteiger partial charge in [-0.3, -0.25) is 4.99 Å². The molecule has 0 atom stereocenters. The molecule has 136 valence electrons. The number of nitrogens with zero attached hydrogens (tertiary/aromatic N) is 2. The first-order chi connectivity index (χ1) is 12.6. The van der Waals surface area contributed by atoms with Crippen molar-refractivity contribution in [1.29, 1.82) is 0 Å². The van der Waals surface area contributed by atoms with E-state index in [2.05, 4.69) is 57.8 Å². The summed E-state index contributed by atoms with van der Waals surface area (Å²) in [5, 5.41) is 7.83. The first-order valence-electron chi connectivity index (χ1n) is 8.76. The number of nitrogens with one attached hydrogen (secondary N) is 2. The molecule has 0 aliphatic carbocycles. The standard InChI is InChI=1S/C21H26N4O/c1-15-18-7-5-6-8-19(18)26-20(15)14-24-21(22-2)23-13-16-9-11-17(12-10-16)25(3)4/h5-12H,13-14H2,1-4H3,(H2,22,23,24). The summed E-state index contributed by atoms with van der Waals surface area (Å²) in [6.45, 7) is 3.40. The second kappa shape index (κ2) is 7.95. The van der Waals surface area contributed by atoms with Crippen LogP contribution in [0.2, 0.25) is 0 Å². The predicted molar refractivity (Wildman–Crippen MR) is 109 cm³/mol. The quantitative estimate of drug-likeness (QED) is 0.544. The van der Waals surface area contributed by atoms with Gasteiger partial charge in [-0.15, -0.1) is 0 Å². The molecule has 5 heteroatoms. The summed E-state index contributed by atoms with van der Waals surface area (Å²) in [6, 6.07) is 16.6. The van der Waals surface area contributed by atoms with Crippen LogP contribution in [0.25, 0.3) is 11.0 Å². The Balaban J connectivity index is 1.58. The lowest BCUT2D eigenvalue weighted by molar-refractivity contribution is 0.534. The van der Waals surface area contributed by atoms with Gasteiger partial charge in [0.05, 0.1) is 6.54 Å². The molecule has 0 bridgehead atoms. The smallest absolute Gasteiger partial charge is 0.191 e. The van der Waals surface area contributed by atoms with Crippen molar-refractivity contribution < 1.29 is 4.42 Å². The van der Waals surface area contributed by atoms with Gasteiger partial charge in [-0.1, -0.05) is 30.3 Å². The third kappa shape index (κ3) is 3.99. The zero-order valence-electron chi connectivity index (χ0n) is 15.8. The fraction of sp³-hybridized carbons (Fsp3) is 0.286. The molecule has 0 saturated carbocycles. The summed E-state index contributed by atoms with van der Waals surface area (Å²) < 4.78 is 5.94. The van der Waals surface area contributed by atoms with E-state index in [-0.39, 0.29) is 0 Å². The van der Waals surface area contributed by atoms with Crippen molar-refractivity contribution in [1.82, 2.24) is 10.6 Å². The Hall–Kier alpha value is -2.95. The highest BCUT2D eigenvalue weighted by Gasteiger charge is 2.10. The molecule has 0 saturated heterocycles. The highest BCUT2D eigenvalue weighted by molar-refractivity contribution is 5.83. The number of benzene rings is 2. The van der Waals surface area contributed by atoms with Crippen LogP contribution in [0.4, 0.5) is 5.69 Å². The van der Waals surface area contributed by atoms with Crippen LogP contribution in [0.5, 0.6) is 0 Å². The molecule has 1 aromatic heterocycles. The third-order valence-corrected chi connectivity index (χ3v) is 4.50. The average molecular weight is 350 g/mol. The third-order valence-electron chi connectivity index (χ3n) is 4.50. The normalized spacial score (nSPS) is 11.6. The number of aryl methyl sites for hydroxylation is 1. The fourth-order valence-corrected chi connectivity index (χ4v) is 2.88. The largest absolute Gasteiger partial charge is 0.459 e. The fourth-order valence-electron chi connectivity index (χ4n) is 2.88. The van der Waals surface area contributed by atoms with E-state index in [4.69, 9.17) is 4.42 Å². The van der Waals surface area contributed by atoms with Gasteiger partial charge in [0.25, 0.3) is 0 Å². The van der Waals surface area contributed by atoms with Crippen molar-refractivity contribution >= 4 is 22.6 Å². The molecule has 5 nitrogen and oxygen atoms in total. The first-order valence-corrected chi connectivity index (χ1v) is 8.76. The first kappa shape index (κ1) is 17.9. The van der Waals surface area contributed by atoms with Crippen LogP contribution in [0.1, 0.15) is 16.9 Å². The van der Waals surface area contributed by atoms with Crippen LogP contribution < -0.4 is 15.5 Å². The van der Waals surface area contributed by atoms with E-state index in [1.807, 2.05) is 32.3 Å².